The summed E-state index contributed by atoms with van der Waals surface area (Å²) in [6, 6.07) is 0. The van der Waals surface area contributed by atoms with Gasteiger partial charge in [-0.1, -0.05) is 36.9 Å². The molecule has 0 amide bonds. The summed E-state index contributed by atoms with van der Waals surface area (Å²) in [7, 11) is 2.13. The van der Waals surface area contributed by atoms with Crippen LogP contribution in [0.3, 0.4) is 0 Å². The van der Waals surface area contributed by atoms with Crippen LogP contribution in [0.25, 0.3) is 5.57 Å². The van der Waals surface area contributed by atoms with E-state index in [0.29, 0.717) is 5.92 Å². The minimum atomic E-state index is -1.82. The van der Waals surface area contributed by atoms with Crippen LogP contribution in [0.2, 0.25) is 0 Å². The molecule has 1 aromatic rings. The number of carboxylic acid groups (broad SMARTS) is 2. The zero-order valence-corrected chi connectivity index (χ0v) is 14.5. The van der Waals surface area contributed by atoms with Crippen LogP contribution in [0.15, 0.2) is 10.6 Å². The predicted molar refractivity (Wildman–Crippen MR) is 90.1 cm³/mol. The van der Waals surface area contributed by atoms with E-state index in [2.05, 4.69) is 28.2 Å². The quantitative estimate of drug-likeness (QED) is 0.616. The lowest BCUT2D eigenvalue weighted by Gasteiger charge is -2.20. The van der Waals surface area contributed by atoms with Gasteiger partial charge in [-0.25, -0.2) is 9.59 Å². The van der Waals surface area contributed by atoms with Crippen LogP contribution in [-0.4, -0.2) is 57.3 Å². The molecular formula is C17H25N3O5. The Bertz CT molecular complexity index is 606. The minimum absolute atomic E-state index is 0.516. The van der Waals surface area contributed by atoms with Crippen LogP contribution in [-0.2, 0) is 9.59 Å². The Labute approximate surface area is 146 Å². The van der Waals surface area contributed by atoms with Crippen molar-refractivity contribution >= 4 is 17.5 Å². The molecule has 1 saturated carbocycles. The maximum atomic E-state index is 9.10. The number of nitrogens with zero attached hydrogens (tertiary/aromatic N) is 3. The highest BCUT2D eigenvalue weighted by atomic mass is 16.5. The van der Waals surface area contributed by atoms with Crippen LogP contribution < -0.4 is 0 Å². The monoisotopic (exact) mass is 351 g/mol. The molecule has 0 atom stereocenters. The lowest BCUT2D eigenvalue weighted by molar-refractivity contribution is -0.159. The summed E-state index contributed by atoms with van der Waals surface area (Å²) in [5, 5.41) is 19.0. The zero-order valence-electron chi connectivity index (χ0n) is 14.5. The lowest BCUT2D eigenvalue weighted by atomic mass is 10.00. The van der Waals surface area contributed by atoms with Crippen molar-refractivity contribution in [1.82, 2.24) is 15.0 Å². The van der Waals surface area contributed by atoms with Gasteiger partial charge in [-0.3, -0.25) is 0 Å². The zero-order chi connectivity index (χ0) is 18.2. The highest BCUT2D eigenvalue weighted by molar-refractivity contribution is 6.27. The second-order valence-corrected chi connectivity index (χ2v) is 6.51. The fraction of sp³-hybridized carbons (Fsp3) is 0.647. The van der Waals surface area contributed by atoms with Crippen LogP contribution in [0.1, 0.15) is 62.6 Å². The van der Waals surface area contributed by atoms with E-state index in [4.69, 9.17) is 24.3 Å². The lowest BCUT2D eigenvalue weighted by Crippen LogP contribution is -2.25. The van der Waals surface area contributed by atoms with Crippen LogP contribution in [0.4, 0.5) is 0 Å². The van der Waals surface area contributed by atoms with Crippen molar-refractivity contribution in [1.29, 1.82) is 0 Å². The molecule has 1 fully saturated rings. The van der Waals surface area contributed by atoms with Gasteiger partial charge in [0.05, 0.1) is 0 Å². The van der Waals surface area contributed by atoms with Gasteiger partial charge in [0.25, 0.3) is 5.89 Å². The average molecular weight is 351 g/mol. The van der Waals surface area contributed by atoms with Crippen molar-refractivity contribution in [3.05, 3.63) is 17.8 Å². The molecule has 0 aromatic carbocycles. The van der Waals surface area contributed by atoms with Gasteiger partial charge in [0.15, 0.2) is 5.82 Å². The molecule has 0 spiro atoms. The molecule has 0 radical (unpaired) electrons. The molecule has 0 saturated heterocycles. The second kappa shape index (κ2) is 9.31. The summed E-state index contributed by atoms with van der Waals surface area (Å²) >= 11 is 0. The average Bonchev–Trinajstić information content (AvgIpc) is 2.91. The number of hydrogen-bond acceptors (Lipinski definition) is 6. The second-order valence-electron chi connectivity index (χ2n) is 6.51. The van der Waals surface area contributed by atoms with Crippen LogP contribution in [0, 0.1) is 0 Å². The fourth-order valence-corrected chi connectivity index (χ4v) is 3.12. The van der Waals surface area contributed by atoms with E-state index >= 15 is 0 Å². The molecule has 1 aliphatic heterocycles. The number of hydrogen-bond donors (Lipinski definition) is 2. The third-order valence-electron chi connectivity index (χ3n) is 4.46. The maximum absolute atomic E-state index is 9.10. The van der Waals surface area contributed by atoms with Crippen molar-refractivity contribution in [3.8, 4) is 0 Å². The minimum Gasteiger partial charge on any atom is -0.473 e. The molecular weight excluding hydrogens is 326 g/mol. The first-order chi connectivity index (χ1) is 12.0. The summed E-state index contributed by atoms with van der Waals surface area (Å²) < 4.78 is 5.49. The van der Waals surface area contributed by atoms with E-state index in [1.54, 1.807) is 0 Å². The van der Waals surface area contributed by atoms with Gasteiger partial charge in [-0.15, -0.1) is 0 Å². The molecule has 3 rings (SSSR count). The molecule has 1 aliphatic carbocycles. The number of rotatable bonds is 2. The van der Waals surface area contributed by atoms with Crippen molar-refractivity contribution in [2.45, 2.75) is 50.9 Å². The topological polar surface area (TPSA) is 117 Å². The van der Waals surface area contributed by atoms with Gasteiger partial charge >= 0.3 is 11.9 Å². The van der Waals surface area contributed by atoms with E-state index in [1.165, 1.54) is 44.1 Å². The normalized spacial score (nSPS) is 19.3. The smallest absolute Gasteiger partial charge is 0.414 e. The van der Waals surface area contributed by atoms with Gasteiger partial charge in [0.2, 0.25) is 0 Å². The Morgan fingerprint density at radius 2 is 1.80 bits per heavy atom. The Morgan fingerprint density at radius 3 is 2.36 bits per heavy atom. The third-order valence-corrected chi connectivity index (χ3v) is 4.46. The summed E-state index contributed by atoms with van der Waals surface area (Å²) in [4.78, 5) is 25.2. The van der Waals surface area contributed by atoms with E-state index in [0.717, 1.165) is 31.2 Å². The number of aliphatic carboxylic acids is 2. The number of carboxylic acids is 2. The number of aromatic nitrogens is 2. The van der Waals surface area contributed by atoms with Crippen molar-refractivity contribution in [2.24, 2.45) is 0 Å². The third kappa shape index (κ3) is 5.97. The summed E-state index contributed by atoms with van der Waals surface area (Å²) in [5.41, 5.74) is 1.20. The van der Waals surface area contributed by atoms with Crippen LogP contribution >= 0.6 is 0 Å². The molecule has 2 aliphatic rings. The Balaban J connectivity index is 0.000000326. The van der Waals surface area contributed by atoms with Crippen molar-refractivity contribution in [3.63, 3.8) is 0 Å². The van der Waals surface area contributed by atoms with E-state index in [9.17, 15) is 0 Å². The predicted octanol–water partition coefficient (Wildman–Crippen LogP) is 2.38. The summed E-state index contributed by atoms with van der Waals surface area (Å²) in [6.45, 7) is 2.04. The standard InChI is InChI=1S/C15H23N3O.C2H2O4/c1-18-10-6-9-13(11-18)15-16-14(17-19-15)12-7-4-2-3-5-8-12;3-1(4)2(5)6/h9,12H,2-8,10-11H2,1H3;(H,3,4)(H,5,6). The number of carbonyl (C=O) groups is 2. The van der Waals surface area contributed by atoms with Gasteiger partial charge in [-0.05, 0) is 26.3 Å². The molecule has 138 valence electrons. The number of likely N-dealkylation sites (N-methyl/N-ethyl adjacent to an activating group) is 1. The highest BCUT2D eigenvalue weighted by Crippen LogP contribution is 2.30. The molecule has 8 nitrogen and oxygen atoms in total. The van der Waals surface area contributed by atoms with E-state index in [-0.39, 0.29) is 0 Å². The van der Waals surface area contributed by atoms with Crippen LogP contribution in [0.5, 0.6) is 0 Å². The first kappa shape index (κ1) is 19.1. The van der Waals surface area contributed by atoms with E-state index in [1.807, 2.05) is 0 Å². The molecule has 0 unspecified atom stereocenters. The van der Waals surface area contributed by atoms with Gasteiger partial charge < -0.3 is 19.6 Å². The molecule has 2 N–H and O–H groups in total. The summed E-state index contributed by atoms with van der Waals surface area (Å²) in [6.07, 6.45) is 11.1. The maximum Gasteiger partial charge on any atom is 0.414 e. The molecule has 0 bridgehead atoms. The molecule has 2 heterocycles. The van der Waals surface area contributed by atoms with Gasteiger partial charge in [0.1, 0.15) is 0 Å². The molecule has 25 heavy (non-hydrogen) atoms. The SMILES string of the molecule is CN1CCC=C(c2nc(C3CCCCCC3)no2)C1.O=C(O)C(=O)O. The Kier molecular flexibility index (Phi) is 7.12. The van der Waals surface area contributed by atoms with Crippen molar-refractivity contribution in [2.75, 3.05) is 20.1 Å². The van der Waals surface area contributed by atoms with Gasteiger partial charge in [0, 0.05) is 24.6 Å². The largest absolute Gasteiger partial charge is 0.473 e. The first-order valence-electron chi connectivity index (χ1n) is 8.65. The van der Waals surface area contributed by atoms with Gasteiger partial charge in [-0.2, -0.15) is 4.98 Å². The fourth-order valence-electron chi connectivity index (χ4n) is 3.12. The first-order valence-corrected chi connectivity index (χ1v) is 8.65. The highest BCUT2D eigenvalue weighted by Gasteiger charge is 2.22. The van der Waals surface area contributed by atoms with E-state index < -0.39 is 11.9 Å². The molecule has 8 heteroatoms. The Hall–Kier alpha value is -2.22. The Morgan fingerprint density at radius 1 is 1.16 bits per heavy atom. The van der Waals surface area contributed by atoms with Crippen molar-refractivity contribution < 1.29 is 24.3 Å². The molecule has 1 aromatic heterocycles. The summed E-state index contributed by atoms with van der Waals surface area (Å²) in [5.74, 6) is -1.45.